The van der Waals surface area contributed by atoms with E-state index in [0.717, 1.165) is 11.8 Å². The van der Waals surface area contributed by atoms with Gasteiger partial charge in [-0.05, 0) is 36.8 Å². The van der Waals surface area contributed by atoms with Gasteiger partial charge >= 0.3 is 0 Å². The lowest BCUT2D eigenvalue weighted by Gasteiger charge is -2.20. The van der Waals surface area contributed by atoms with Gasteiger partial charge in [0, 0.05) is 32.2 Å². The summed E-state index contributed by atoms with van der Waals surface area (Å²) < 4.78 is 72.0. The zero-order valence-corrected chi connectivity index (χ0v) is 24.7. The van der Waals surface area contributed by atoms with Crippen molar-refractivity contribution in [3.05, 3.63) is 65.6 Å². The maximum Gasteiger partial charge on any atom is 0.189 e. The van der Waals surface area contributed by atoms with Crippen molar-refractivity contribution in [3.8, 4) is 28.7 Å². The first-order valence-electron chi connectivity index (χ1n) is 12.1. The molecule has 0 spiro atoms. The second-order valence-corrected chi connectivity index (χ2v) is 13.3. The van der Waals surface area contributed by atoms with Crippen LogP contribution in [0.2, 0.25) is 0 Å². The Hall–Kier alpha value is -3.75. The van der Waals surface area contributed by atoms with Crippen LogP contribution >= 0.6 is 0 Å². The predicted molar refractivity (Wildman–Crippen MR) is 148 cm³/mol. The number of methoxy groups -OCH3 is 3. The molecule has 14 heteroatoms. The Morgan fingerprint density at radius 1 is 0.950 bits per heavy atom. The third-order valence-electron chi connectivity index (χ3n) is 6.25. The maximum atomic E-state index is 13.6. The highest BCUT2D eigenvalue weighted by atomic mass is 32.2. The molecule has 0 saturated heterocycles. The zero-order chi connectivity index (χ0) is 29.2. The Kier molecular flexibility index (Phi) is 8.33. The number of nitrogens with zero attached hydrogens (tertiary/aromatic N) is 5. The second-order valence-electron chi connectivity index (χ2n) is 9.25. The molecule has 2 aromatic carbocycles. The fraction of sp³-hybridized carbons (Fsp3) is 0.346. The molecule has 0 aliphatic heterocycles. The molecule has 0 bridgehead atoms. The zero-order valence-electron chi connectivity index (χ0n) is 23.0. The first-order chi connectivity index (χ1) is 18.9. The quantitative estimate of drug-likeness (QED) is 0.256. The van der Waals surface area contributed by atoms with Crippen molar-refractivity contribution in [1.29, 1.82) is 0 Å². The minimum Gasteiger partial charge on any atom is -0.494 e. The van der Waals surface area contributed by atoms with E-state index in [4.69, 9.17) is 14.2 Å². The highest BCUT2D eigenvalue weighted by Crippen LogP contribution is 2.36. The Balaban J connectivity index is 1.81. The van der Waals surface area contributed by atoms with Crippen molar-refractivity contribution in [1.82, 2.24) is 24.5 Å². The van der Waals surface area contributed by atoms with Gasteiger partial charge in [0.15, 0.2) is 31.3 Å². The number of aromatic nitrogens is 5. The fourth-order valence-electron chi connectivity index (χ4n) is 4.40. The van der Waals surface area contributed by atoms with Crippen LogP contribution in [0.5, 0.6) is 11.5 Å². The molecule has 0 aliphatic carbocycles. The van der Waals surface area contributed by atoms with Gasteiger partial charge in [-0.1, -0.05) is 18.2 Å². The van der Waals surface area contributed by atoms with Crippen LogP contribution in [0.25, 0.3) is 17.2 Å². The third kappa shape index (κ3) is 6.03. The lowest BCUT2D eigenvalue weighted by molar-refractivity contribution is 0.119. The monoisotopic (exact) mass is 589 g/mol. The van der Waals surface area contributed by atoms with Crippen LogP contribution in [0.1, 0.15) is 23.1 Å². The van der Waals surface area contributed by atoms with Gasteiger partial charge in [-0.25, -0.2) is 16.8 Å². The Labute approximate surface area is 233 Å². The van der Waals surface area contributed by atoms with Gasteiger partial charge in [0.2, 0.25) is 0 Å². The van der Waals surface area contributed by atoms with Crippen LogP contribution in [0, 0.1) is 6.92 Å². The van der Waals surface area contributed by atoms with E-state index in [-0.39, 0.29) is 22.1 Å². The van der Waals surface area contributed by atoms with E-state index in [0.29, 0.717) is 22.9 Å². The lowest BCUT2D eigenvalue weighted by Crippen LogP contribution is -2.21. The predicted octanol–water partition coefficient (Wildman–Crippen LogP) is 2.70. The van der Waals surface area contributed by atoms with Crippen molar-refractivity contribution < 1.29 is 31.0 Å². The molecule has 1 atom stereocenters. The van der Waals surface area contributed by atoms with Gasteiger partial charge < -0.3 is 14.2 Å². The number of ether oxygens (including phenoxy) is 3. The summed E-state index contributed by atoms with van der Waals surface area (Å²) in [5, 5.41) is 12.9. The topological polar surface area (TPSA) is 144 Å². The van der Waals surface area contributed by atoms with Crippen LogP contribution in [0.15, 0.2) is 53.6 Å². The van der Waals surface area contributed by atoms with E-state index in [9.17, 15) is 16.8 Å². The summed E-state index contributed by atoms with van der Waals surface area (Å²) >= 11 is 0. The molecule has 214 valence electrons. The Morgan fingerprint density at radius 3 is 2.17 bits per heavy atom. The van der Waals surface area contributed by atoms with Crippen molar-refractivity contribution in [2.45, 2.75) is 23.7 Å². The molecule has 0 radical (unpaired) electrons. The SMILES string of the molecule is COc1cccc(OC)c1-n1c(CS(=O)(=O)C[C@H](OC)c2ccc(C)cc2S(C)(=O)=O)nnc1-c1ccn(C)n1. The number of sulfone groups is 2. The van der Waals surface area contributed by atoms with Gasteiger partial charge in [-0.2, -0.15) is 5.10 Å². The molecular formula is C26H31N5O7S2. The lowest BCUT2D eigenvalue weighted by atomic mass is 10.1. The molecule has 0 N–H and O–H groups in total. The summed E-state index contributed by atoms with van der Waals surface area (Å²) in [6, 6.07) is 11.7. The average Bonchev–Trinajstić information content (AvgIpc) is 3.51. The van der Waals surface area contributed by atoms with E-state index < -0.39 is 37.3 Å². The van der Waals surface area contributed by atoms with Crippen molar-refractivity contribution >= 4 is 19.7 Å². The van der Waals surface area contributed by atoms with Crippen LogP contribution in [0.4, 0.5) is 0 Å². The molecule has 4 aromatic rings. The summed E-state index contributed by atoms with van der Waals surface area (Å²) in [6.07, 6.45) is 1.77. The highest BCUT2D eigenvalue weighted by molar-refractivity contribution is 7.91. The number of rotatable bonds is 11. The average molecular weight is 590 g/mol. The van der Waals surface area contributed by atoms with Crippen LogP contribution in [-0.2, 0) is 37.2 Å². The smallest absolute Gasteiger partial charge is 0.189 e. The van der Waals surface area contributed by atoms with Gasteiger partial charge in [0.25, 0.3) is 0 Å². The number of aryl methyl sites for hydroxylation is 2. The molecular weight excluding hydrogens is 558 g/mol. The van der Waals surface area contributed by atoms with Crippen molar-refractivity contribution in [2.24, 2.45) is 7.05 Å². The first kappa shape index (κ1) is 29.2. The second kappa shape index (κ2) is 11.4. The molecule has 40 heavy (non-hydrogen) atoms. The van der Waals surface area contributed by atoms with E-state index in [1.54, 1.807) is 65.8 Å². The van der Waals surface area contributed by atoms with E-state index in [2.05, 4.69) is 15.3 Å². The summed E-state index contributed by atoms with van der Waals surface area (Å²) in [4.78, 5) is 0.0221. The first-order valence-corrected chi connectivity index (χ1v) is 15.8. The largest absolute Gasteiger partial charge is 0.494 e. The molecule has 0 saturated carbocycles. The standard InChI is InChI=1S/C26H31N5O7S2/c1-17-10-11-18(23(14-17)39(6,32)33)22(38-5)15-40(34,35)16-24-27-28-26(19-12-13-30(2)29-19)31(24)25-20(36-3)8-7-9-21(25)37-4/h7-14,22H,15-16H2,1-6H3/t22-/m0/s1. The van der Waals surface area contributed by atoms with Gasteiger partial charge in [0.05, 0.1) is 31.0 Å². The molecule has 4 rings (SSSR count). The minimum absolute atomic E-state index is 0.0221. The fourth-order valence-corrected chi connectivity index (χ4v) is 6.90. The van der Waals surface area contributed by atoms with Gasteiger partial charge in [0.1, 0.15) is 28.6 Å². The van der Waals surface area contributed by atoms with Gasteiger partial charge in [-0.15, -0.1) is 10.2 Å². The van der Waals surface area contributed by atoms with Crippen LogP contribution in [-0.4, -0.2) is 74.7 Å². The number of para-hydroxylation sites is 1. The summed E-state index contributed by atoms with van der Waals surface area (Å²) in [5.74, 6) is 0.155. The summed E-state index contributed by atoms with van der Waals surface area (Å²) in [6.45, 7) is 1.76. The molecule has 0 fully saturated rings. The van der Waals surface area contributed by atoms with Crippen molar-refractivity contribution in [2.75, 3.05) is 33.3 Å². The van der Waals surface area contributed by atoms with Crippen LogP contribution in [0.3, 0.4) is 0 Å². The van der Waals surface area contributed by atoms with E-state index >= 15 is 0 Å². The molecule has 0 unspecified atom stereocenters. The molecule has 0 aliphatic rings. The number of hydrogen-bond acceptors (Lipinski definition) is 10. The molecule has 12 nitrogen and oxygen atoms in total. The summed E-state index contributed by atoms with van der Waals surface area (Å²) in [5.41, 5.74) is 1.85. The third-order valence-corrected chi connectivity index (χ3v) is 8.91. The van der Waals surface area contributed by atoms with E-state index in [1.165, 1.54) is 27.4 Å². The summed E-state index contributed by atoms with van der Waals surface area (Å²) in [7, 11) is -1.53. The maximum absolute atomic E-state index is 13.6. The van der Waals surface area contributed by atoms with E-state index in [1.807, 2.05) is 0 Å². The highest BCUT2D eigenvalue weighted by Gasteiger charge is 2.30. The van der Waals surface area contributed by atoms with Crippen molar-refractivity contribution in [3.63, 3.8) is 0 Å². The van der Waals surface area contributed by atoms with Gasteiger partial charge in [-0.3, -0.25) is 9.25 Å². The molecule has 2 heterocycles. The molecule has 2 aromatic heterocycles. The number of hydrogen-bond donors (Lipinski definition) is 0. The normalized spacial score (nSPS) is 12.8. The Morgan fingerprint density at radius 2 is 1.62 bits per heavy atom. The number of benzene rings is 2. The van der Waals surface area contributed by atoms with Crippen LogP contribution < -0.4 is 9.47 Å². The molecule has 0 amide bonds. The minimum atomic E-state index is -3.95. The Bertz CT molecular complexity index is 1720.